The van der Waals surface area contributed by atoms with Gasteiger partial charge in [0.1, 0.15) is 13.2 Å². The van der Waals surface area contributed by atoms with Crippen LogP contribution in [0.5, 0.6) is 0 Å². The van der Waals surface area contributed by atoms with Gasteiger partial charge in [0.25, 0.3) is 0 Å². The topological polar surface area (TPSA) is 78.9 Å². The lowest BCUT2D eigenvalue weighted by atomic mass is 10.0. The summed E-state index contributed by atoms with van der Waals surface area (Å²) in [7, 11) is 0. The molecule has 0 bridgehead atoms. The molecule has 0 saturated carbocycles. The van der Waals surface area contributed by atoms with E-state index in [1.807, 2.05) is 0 Å². The lowest BCUT2D eigenvalue weighted by molar-refractivity contribution is -0.167. The van der Waals surface area contributed by atoms with Crippen molar-refractivity contribution in [2.24, 2.45) is 0 Å². The molecule has 0 heterocycles. The van der Waals surface area contributed by atoms with Gasteiger partial charge in [-0.2, -0.15) is 0 Å². The van der Waals surface area contributed by atoms with E-state index in [1.54, 1.807) is 0 Å². The van der Waals surface area contributed by atoms with Crippen molar-refractivity contribution in [1.29, 1.82) is 0 Å². The van der Waals surface area contributed by atoms with Gasteiger partial charge in [0, 0.05) is 19.3 Å². The van der Waals surface area contributed by atoms with Gasteiger partial charge in [-0.25, -0.2) is 0 Å². The van der Waals surface area contributed by atoms with Crippen LogP contribution in [-0.4, -0.2) is 37.2 Å². The van der Waals surface area contributed by atoms with Gasteiger partial charge >= 0.3 is 17.9 Å². The molecule has 0 radical (unpaired) electrons. The molecular formula is C65H118O6. The van der Waals surface area contributed by atoms with Gasteiger partial charge in [0.2, 0.25) is 0 Å². The zero-order valence-corrected chi connectivity index (χ0v) is 47.5. The normalized spacial score (nSPS) is 12.3. The van der Waals surface area contributed by atoms with Gasteiger partial charge in [0.05, 0.1) is 0 Å². The molecular weight excluding hydrogens is 877 g/mol. The van der Waals surface area contributed by atoms with Crippen LogP contribution in [0.2, 0.25) is 0 Å². The Hall–Kier alpha value is -2.63. The minimum absolute atomic E-state index is 0.0758. The van der Waals surface area contributed by atoms with E-state index >= 15 is 0 Å². The van der Waals surface area contributed by atoms with Crippen molar-refractivity contribution < 1.29 is 28.6 Å². The Morgan fingerprint density at radius 3 is 0.859 bits per heavy atom. The molecule has 0 aromatic carbocycles. The largest absolute Gasteiger partial charge is 0.462 e. The van der Waals surface area contributed by atoms with Crippen molar-refractivity contribution in [2.45, 2.75) is 335 Å². The fourth-order valence-corrected chi connectivity index (χ4v) is 9.04. The summed E-state index contributed by atoms with van der Waals surface area (Å²) in [6.07, 6.45) is 74.0. The van der Waals surface area contributed by atoms with E-state index in [4.69, 9.17) is 14.2 Å². The maximum absolute atomic E-state index is 12.9. The first kappa shape index (κ1) is 68.4. The van der Waals surface area contributed by atoms with Gasteiger partial charge in [-0.05, 0) is 96.3 Å². The third kappa shape index (κ3) is 58.1. The third-order valence-corrected chi connectivity index (χ3v) is 13.8. The summed E-state index contributed by atoms with van der Waals surface area (Å²) in [4.78, 5) is 38.2. The number of hydrogen-bond donors (Lipinski definition) is 0. The monoisotopic (exact) mass is 995 g/mol. The second kappa shape index (κ2) is 59.9. The maximum Gasteiger partial charge on any atom is 0.306 e. The molecule has 71 heavy (non-hydrogen) atoms. The highest BCUT2D eigenvalue weighted by Crippen LogP contribution is 2.16. The van der Waals surface area contributed by atoms with E-state index in [0.29, 0.717) is 19.3 Å². The van der Waals surface area contributed by atoms with Crippen LogP contribution in [0, 0.1) is 0 Å². The first-order valence-electron chi connectivity index (χ1n) is 31.1. The van der Waals surface area contributed by atoms with E-state index < -0.39 is 6.10 Å². The molecule has 6 nitrogen and oxygen atoms in total. The average Bonchev–Trinajstić information content (AvgIpc) is 3.37. The molecule has 1 atom stereocenters. The molecule has 1 unspecified atom stereocenters. The number of hydrogen-bond acceptors (Lipinski definition) is 6. The molecule has 0 aliphatic carbocycles. The fourth-order valence-electron chi connectivity index (χ4n) is 9.04. The second-order valence-corrected chi connectivity index (χ2v) is 21.0. The molecule has 0 aromatic rings. The summed E-state index contributed by atoms with van der Waals surface area (Å²) in [6.45, 7) is 6.61. The lowest BCUT2D eigenvalue weighted by Gasteiger charge is -2.18. The smallest absolute Gasteiger partial charge is 0.306 e. The van der Waals surface area contributed by atoms with Gasteiger partial charge in [-0.3, -0.25) is 14.4 Å². The maximum atomic E-state index is 12.9. The lowest BCUT2D eigenvalue weighted by Crippen LogP contribution is -2.30. The van der Waals surface area contributed by atoms with Gasteiger partial charge in [-0.15, -0.1) is 0 Å². The Kier molecular flexibility index (Phi) is 57.7. The number of esters is 3. The van der Waals surface area contributed by atoms with Crippen molar-refractivity contribution in [2.75, 3.05) is 13.2 Å². The van der Waals surface area contributed by atoms with Crippen molar-refractivity contribution in [3.8, 4) is 0 Å². The Morgan fingerprint density at radius 1 is 0.282 bits per heavy atom. The molecule has 0 amide bonds. The van der Waals surface area contributed by atoms with Gasteiger partial charge in [0.15, 0.2) is 6.10 Å². The molecule has 0 aliphatic heterocycles. The Balaban J connectivity index is 4.26. The van der Waals surface area contributed by atoms with Crippen LogP contribution in [0.4, 0.5) is 0 Å². The molecule has 0 aliphatic rings. The van der Waals surface area contributed by atoms with E-state index in [1.165, 1.54) is 218 Å². The fraction of sp³-hybridized carbons (Fsp3) is 0.831. The minimum atomic E-state index is -0.778. The van der Waals surface area contributed by atoms with Crippen LogP contribution in [-0.2, 0) is 28.6 Å². The van der Waals surface area contributed by atoms with Crippen molar-refractivity contribution in [1.82, 2.24) is 0 Å². The third-order valence-electron chi connectivity index (χ3n) is 13.8. The first-order chi connectivity index (χ1) is 35.0. The number of carbonyl (C=O) groups is 3. The van der Waals surface area contributed by atoms with E-state index in [9.17, 15) is 14.4 Å². The number of unbranched alkanes of at least 4 members (excludes halogenated alkanes) is 38. The molecule has 0 fully saturated rings. The van der Waals surface area contributed by atoms with Crippen LogP contribution in [0.3, 0.4) is 0 Å². The van der Waals surface area contributed by atoms with Crippen LogP contribution < -0.4 is 0 Å². The van der Waals surface area contributed by atoms with Crippen LogP contribution in [0.15, 0.2) is 48.6 Å². The van der Waals surface area contributed by atoms with E-state index in [0.717, 1.165) is 70.6 Å². The molecule has 414 valence electrons. The molecule has 0 saturated heterocycles. The summed E-state index contributed by atoms with van der Waals surface area (Å²) >= 11 is 0. The Morgan fingerprint density at radius 2 is 0.521 bits per heavy atom. The Bertz CT molecular complexity index is 1230. The standard InChI is InChI=1S/C65H118O6/c1-4-7-10-13-16-19-22-24-26-28-30-31-32-33-35-36-38-40-43-46-49-52-55-58-64(67)70-61-62(60-69-63(66)57-54-51-48-45-42-21-18-15-12-9-6-3)71-65(68)59-56-53-50-47-44-41-39-37-34-29-27-25-23-20-17-14-11-8-5-2/h15,17-18,20,25,27-28,30,62H,4-14,16,19,21-24,26,29,31-61H2,1-3H3/b18-15-,20-17-,27-25-,30-28-. The number of ether oxygens (including phenoxy) is 3. The number of allylic oxidation sites excluding steroid dienone is 8. The number of rotatable bonds is 57. The summed E-state index contributed by atoms with van der Waals surface area (Å²) < 4.78 is 16.9. The predicted octanol–water partition coefficient (Wildman–Crippen LogP) is 21.0. The molecule has 0 aromatic heterocycles. The van der Waals surface area contributed by atoms with E-state index in [-0.39, 0.29) is 31.1 Å². The highest BCUT2D eigenvalue weighted by Gasteiger charge is 2.19. The van der Waals surface area contributed by atoms with Crippen LogP contribution in [0.25, 0.3) is 0 Å². The summed E-state index contributed by atoms with van der Waals surface area (Å²) in [6, 6.07) is 0. The van der Waals surface area contributed by atoms with Crippen LogP contribution in [0.1, 0.15) is 329 Å². The average molecular weight is 996 g/mol. The first-order valence-corrected chi connectivity index (χ1v) is 31.1. The van der Waals surface area contributed by atoms with Crippen molar-refractivity contribution >= 4 is 17.9 Å². The SMILES string of the molecule is CCCC/C=C\CCCCCCCC(=O)OCC(COC(=O)CCCCCCCCCCCCC/C=C\CCCCCCCCCC)OC(=O)CCCCCCCCCCC/C=C\C/C=C\CCCCC. The summed E-state index contributed by atoms with van der Waals surface area (Å²) in [5.41, 5.74) is 0. The zero-order valence-electron chi connectivity index (χ0n) is 47.5. The Labute approximate surface area is 441 Å². The van der Waals surface area contributed by atoms with Gasteiger partial charge < -0.3 is 14.2 Å². The highest BCUT2D eigenvalue weighted by molar-refractivity contribution is 5.71. The van der Waals surface area contributed by atoms with Crippen LogP contribution >= 0.6 is 0 Å². The van der Waals surface area contributed by atoms with Crippen molar-refractivity contribution in [3.05, 3.63) is 48.6 Å². The minimum Gasteiger partial charge on any atom is -0.462 e. The summed E-state index contributed by atoms with van der Waals surface area (Å²) in [5, 5.41) is 0. The second-order valence-electron chi connectivity index (χ2n) is 21.0. The zero-order chi connectivity index (χ0) is 51.4. The van der Waals surface area contributed by atoms with E-state index in [2.05, 4.69) is 69.4 Å². The molecule has 0 spiro atoms. The quantitative estimate of drug-likeness (QED) is 0.0261. The molecule has 6 heteroatoms. The number of carbonyl (C=O) groups excluding carboxylic acids is 3. The predicted molar refractivity (Wildman–Crippen MR) is 307 cm³/mol. The summed E-state index contributed by atoms with van der Waals surface area (Å²) in [5.74, 6) is -0.875. The van der Waals surface area contributed by atoms with Gasteiger partial charge in [-0.1, -0.05) is 262 Å². The van der Waals surface area contributed by atoms with Crippen molar-refractivity contribution in [3.63, 3.8) is 0 Å². The molecule has 0 rings (SSSR count). The highest BCUT2D eigenvalue weighted by atomic mass is 16.6. The molecule has 0 N–H and O–H groups in total.